The van der Waals surface area contributed by atoms with Crippen molar-refractivity contribution >= 4 is 17.3 Å². The second kappa shape index (κ2) is 5.40. The third kappa shape index (κ3) is 2.61. The second-order valence-electron chi connectivity index (χ2n) is 4.10. The molecule has 0 unspecified atom stereocenters. The number of thiazole rings is 1. The number of nitrogens with zero attached hydrogens (tertiary/aromatic N) is 1. The molecule has 1 aromatic carbocycles. The molecule has 1 heterocycles. The van der Waals surface area contributed by atoms with Gasteiger partial charge in [-0.25, -0.2) is 9.78 Å². The van der Waals surface area contributed by atoms with Crippen molar-refractivity contribution < 1.29 is 14.3 Å². The molecule has 100 valence electrons. The second-order valence-corrected chi connectivity index (χ2v) is 5.30. The van der Waals surface area contributed by atoms with Crippen molar-refractivity contribution in [3.63, 3.8) is 0 Å². The lowest BCUT2D eigenvalue weighted by Crippen LogP contribution is -2.03. The van der Waals surface area contributed by atoms with E-state index in [1.54, 1.807) is 7.11 Å². The van der Waals surface area contributed by atoms with E-state index >= 15 is 0 Å². The Balaban J connectivity index is 2.42. The van der Waals surface area contributed by atoms with Crippen LogP contribution in [0.2, 0.25) is 0 Å². The Labute approximate surface area is 116 Å². The Hall–Kier alpha value is -1.88. The van der Waals surface area contributed by atoms with Gasteiger partial charge in [-0.05, 0) is 37.6 Å². The maximum Gasteiger partial charge on any atom is 0.357 e. The fraction of sp³-hybridized carbons (Fsp3) is 0.286. The number of benzene rings is 1. The first-order chi connectivity index (χ1) is 9.06. The first-order valence-corrected chi connectivity index (χ1v) is 6.59. The van der Waals surface area contributed by atoms with Crippen molar-refractivity contribution in [3.8, 4) is 16.3 Å². The fourth-order valence-electron chi connectivity index (χ4n) is 1.82. The highest BCUT2D eigenvalue weighted by molar-refractivity contribution is 7.15. The third-order valence-corrected chi connectivity index (χ3v) is 3.84. The van der Waals surface area contributed by atoms with Crippen molar-refractivity contribution in [3.05, 3.63) is 34.3 Å². The van der Waals surface area contributed by atoms with Crippen LogP contribution in [0.3, 0.4) is 0 Å². The summed E-state index contributed by atoms with van der Waals surface area (Å²) in [6.45, 7) is 3.84. The summed E-state index contributed by atoms with van der Waals surface area (Å²) in [5, 5.41) is 0.809. The number of methoxy groups -OCH3 is 2. The maximum atomic E-state index is 11.5. The number of aromatic nitrogens is 1. The predicted molar refractivity (Wildman–Crippen MR) is 74.9 cm³/mol. The number of hydrogen-bond acceptors (Lipinski definition) is 5. The van der Waals surface area contributed by atoms with Gasteiger partial charge in [0.05, 0.1) is 14.2 Å². The number of rotatable bonds is 3. The summed E-state index contributed by atoms with van der Waals surface area (Å²) in [6, 6.07) is 5.84. The van der Waals surface area contributed by atoms with Gasteiger partial charge in [0.15, 0.2) is 5.69 Å². The highest BCUT2D eigenvalue weighted by Crippen LogP contribution is 2.31. The van der Waals surface area contributed by atoms with Gasteiger partial charge in [-0.15, -0.1) is 11.3 Å². The Bertz CT molecular complexity index is 619. The molecule has 0 saturated carbocycles. The molecule has 0 saturated heterocycles. The van der Waals surface area contributed by atoms with Crippen molar-refractivity contribution in [2.45, 2.75) is 13.8 Å². The molecule has 0 N–H and O–H groups in total. The largest absolute Gasteiger partial charge is 0.496 e. The lowest BCUT2D eigenvalue weighted by molar-refractivity contribution is 0.0594. The molecule has 0 radical (unpaired) electrons. The van der Waals surface area contributed by atoms with Crippen LogP contribution >= 0.6 is 11.3 Å². The van der Waals surface area contributed by atoms with Gasteiger partial charge in [-0.1, -0.05) is 0 Å². The average Bonchev–Trinajstić information content (AvgIpc) is 2.80. The average molecular weight is 277 g/mol. The molecule has 0 bridgehead atoms. The van der Waals surface area contributed by atoms with Crippen LogP contribution in [-0.2, 0) is 4.74 Å². The first kappa shape index (κ1) is 13.5. The standard InChI is InChI=1S/C14H15NO3S/c1-8-7-10(5-6-11(8)17-3)13-15-12(9(2)19-13)14(16)18-4/h5-7H,1-4H3. The SMILES string of the molecule is COC(=O)c1nc(-c2ccc(OC)c(C)c2)sc1C. The van der Waals surface area contributed by atoms with E-state index < -0.39 is 5.97 Å². The van der Waals surface area contributed by atoms with E-state index in [1.165, 1.54) is 18.4 Å². The van der Waals surface area contributed by atoms with Gasteiger partial charge in [0.1, 0.15) is 10.8 Å². The number of aryl methyl sites for hydroxylation is 2. The van der Waals surface area contributed by atoms with Crippen LogP contribution in [0.4, 0.5) is 0 Å². The van der Waals surface area contributed by atoms with Crippen LogP contribution in [0.5, 0.6) is 5.75 Å². The van der Waals surface area contributed by atoms with Gasteiger partial charge in [0.2, 0.25) is 0 Å². The van der Waals surface area contributed by atoms with E-state index in [2.05, 4.69) is 4.98 Å². The van der Waals surface area contributed by atoms with Crippen LogP contribution in [0.25, 0.3) is 10.6 Å². The Morgan fingerprint density at radius 1 is 1.26 bits per heavy atom. The molecule has 2 aromatic rings. The van der Waals surface area contributed by atoms with E-state index in [0.717, 1.165) is 26.8 Å². The van der Waals surface area contributed by atoms with Crippen LogP contribution < -0.4 is 4.74 Å². The highest BCUT2D eigenvalue weighted by Gasteiger charge is 2.16. The third-order valence-electron chi connectivity index (χ3n) is 2.82. The molecule has 4 nitrogen and oxygen atoms in total. The minimum Gasteiger partial charge on any atom is -0.496 e. The molecule has 5 heteroatoms. The summed E-state index contributed by atoms with van der Waals surface area (Å²) in [5.41, 5.74) is 2.39. The Morgan fingerprint density at radius 2 is 2.00 bits per heavy atom. The van der Waals surface area contributed by atoms with Crippen molar-refractivity contribution in [2.75, 3.05) is 14.2 Å². The van der Waals surface area contributed by atoms with E-state index in [0.29, 0.717) is 5.69 Å². The highest BCUT2D eigenvalue weighted by atomic mass is 32.1. The number of carbonyl (C=O) groups is 1. The zero-order chi connectivity index (χ0) is 14.0. The molecule has 2 rings (SSSR count). The molecule has 0 aliphatic heterocycles. The molecule has 0 atom stereocenters. The molecule has 0 aliphatic rings. The lowest BCUT2D eigenvalue weighted by atomic mass is 10.1. The normalized spacial score (nSPS) is 10.3. The molecular formula is C14H15NO3S. The topological polar surface area (TPSA) is 48.4 Å². The first-order valence-electron chi connectivity index (χ1n) is 5.77. The van der Waals surface area contributed by atoms with Crippen LogP contribution in [0.15, 0.2) is 18.2 Å². The predicted octanol–water partition coefficient (Wildman–Crippen LogP) is 3.22. The van der Waals surface area contributed by atoms with E-state index in [4.69, 9.17) is 9.47 Å². The molecule has 0 aliphatic carbocycles. The minimum absolute atomic E-state index is 0.385. The van der Waals surface area contributed by atoms with Gasteiger partial charge >= 0.3 is 5.97 Å². The van der Waals surface area contributed by atoms with E-state index in [-0.39, 0.29) is 0 Å². The van der Waals surface area contributed by atoms with Crippen molar-refractivity contribution in [2.24, 2.45) is 0 Å². The van der Waals surface area contributed by atoms with Crippen molar-refractivity contribution in [1.82, 2.24) is 4.98 Å². The molecule has 19 heavy (non-hydrogen) atoms. The minimum atomic E-state index is -0.398. The van der Waals surface area contributed by atoms with E-state index in [1.807, 2.05) is 32.0 Å². The van der Waals surface area contributed by atoms with Crippen molar-refractivity contribution in [1.29, 1.82) is 0 Å². The summed E-state index contributed by atoms with van der Waals surface area (Å²) in [7, 11) is 3.00. The molecule has 0 fully saturated rings. The van der Waals surface area contributed by atoms with Gasteiger partial charge in [-0.3, -0.25) is 0 Å². The lowest BCUT2D eigenvalue weighted by Gasteiger charge is -2.05. The number of ether oxygens (including phenoxy) is 2. The van der Waals surface area contributed by atoms with E-state index in [9.17, 15) is 4.79 Å². The molecule has 0 amide bonds. The Kier molecular flexibility index (Phi) is 3.85. The van der Waals surface area contributed by atoms with Crippen LogP contribution in [-0.4, -0.2) is 25.2 Å². The summed E-state index contributed by atoms with van der Waals surface area (Å²) in [6.07, 6.45) is 0. The smallest absolute Gasteiger partial charge is 0.357 e. The van der Waals surface area contributed by atoms with Gasteiger partial charge < -0.3 is 9.47 Å². The molecular weight excluding hydrogens is 262 g/mol. The monoisotopic (exact) mass is 277 g/mol. The summed E-state index contributed by atoms with van der Waals surface area (Å²) < 4.78 is 9.94. The summed E-state index contributed by atoms with van der Waals surface area (Å²) in [4.78, 5) is 16.8. The Morgan fingerprint density at radius 3 is 2.58 bits per heavy atom. The summed E-state index contributed by atoms with van der Waals surface area (Å²) >= 11 is 1.48. The number of esters is 1. The van der Waals surface area contributed by atoms with Gasteiger partial charge in [0, 0.05) is 10.4 Å². The van der Waals surface area contributed by atoms with Crippen LogP contribution in [0.1, 0.15) is 20.9 Å². The fourth-order valence-corrected chi connectivity index (χ4v) is 2.71. The maximum absolute atomic E-state index is 11.5. The zero-order valence-corrected chi connectivity index (χ0v) is 12.1. The van der Waals surface area contributed by atoms with Crippen LogP contribution in [0, 0.1) is 13.8 Å². The molecule has 0 spiro atoms. The number of carbonyl (C=O) groups excluding carboxylic acids is 1. The zero-order valence-electron chi connectivity index (χ0n) is 11.3. The van der Waals surface area contributed by atoms with Gasteiger partial charge in [0.25, 0.3) is 0 Å². The quantitative estimate of drug-likeness (QED) is 0.808. The number of hydrogen-bond donors (Lipinski definition) is 0. The van der Waals surface area contributed by atoms with Gasteiger partial charge in [-0.2, -0.15) is 0 Å². The summed E-state index contributed by atoms with van der Waals surface area (Å²) in [5.74, 6) is 0.440. The molecule has 1 aromatic heterocycles.